The molecule has 0 aromatic rings. The van der Waals surface area contributed by atoms with Crippen molar-refractivity contribution in [2.45, 2.75) is 128 Å². The van der Waals surface area contributed by atoms with Crippen molar-refractivity contribution in [3.63, 3.8) is 0 Å². The van der Waals surface area contributed by atoms with Gasteiger partial charge in [0, 0.05) is 43.7 Å². The molecule has 3 saturated heterocycles. The van der Waals surface area contributed by atoms with Gasteiger partial charge in [0.2, 0.25) is 0 Å². The van der Waals surface area contributed by atoms with Crippen molar-refractivity contribution in [3.05, 3.63) is 0 Å². The number of aliphatic hydroxyl groups is 1. The van der Waals surface area contributed by atoms with Crippen molar-refractivity contribution >= 4 is 23.6 Å². The van der Waals surface area contributed by atoms with Crippen molar-refractivity contribution in [2.75, 3.05) is 34.3 Å². The maximum Gasteiger partial charge on any atom is 0.410 e. The van der Waals surface area contributed by atoms with Gasteiger partial charge in [-0.25, -0.2) is 4.79 Å². The molecule has 4 heterocycles. The van der Waals surface area contributed by atoms with Crippen LogP contribution in [-0.4, -0.2) is 127 Å². The number of carbonyl (C=O) groups is 3. The Hall–Kier alpha value is -2.56. The molecule has 0 aromatic carbocycles. The third kappa shape index (κ3) is 6.97. The van der Waals surface area contributed by atoms with Gasteiger partial charge >= 0.3 is 12.1 Å². The number of hydrogen-bond acceptors (Lipinski definition) is 11. The summed E-state index contributed by atoms with van der Waals surface area (Å²) in [6, 6.07) is -0.720. The molecule has 13 atom stereocenters. The zero-order chi connectivity index (χ0) is 35.0. The number of terminal acetylenes is 1. The maximum absolute atomic E-state index is 14.4. The van der Waals surface area contributed by atoms with Crippen LogP contribution < -0.4 is 0 Å². The van der Waals surface area contributed by atoms with Gasteiger partial charge in [-0.3, -0.25) is 19.5 Å². The highest BCUT2D eigenvalue weighted by molar-refractivity contribution is 6.00. The quantitative estimate of drug-likeness (QED) is 0.257. The van der Waals surface area contributed by atoms with E-state index in [9.17, 15) is 19.5 Å². The number of esters is 1. The van der Waals surface area contributed by atoms with E-state index >= 15 is 0 Å². The molecule has 1 amide bonds. The Bertz CT molecular complexity index is 1250. The molecule has 12 heteroatoms. The number of likely N-dealkylation sites (N-methyl/N-ethyl adjacent to an activating group) is 1. The molecule has 4 rings (SSSR count). The third-order valence-corrected chi connectivity index (χ3v) is 11.0. The van der Waals surface area contributed by atoms with E-state index in [1.165, 1.54) is 0 Å². The molecular formula is C35H55N3O9. The van der Waals surface area contributed by atoms with E-state index in [2.05, 4.69) is 12.8 Å². The number of carbonyl (C=O) groups excluding carboxylic acids is 3. The number of ether oxygens (including phenoxy) is 5. The average molecular weight is 662 g/mol. The fourth-order valence-electron chi connectivity index (χ4n) is 8.51. The number of fused-ring (bicyclic) bond motifs is 1. The Balaban J connectivity index is 1.85. The minimum atomic E-state index is -1.30. The number of nitrogens with zero attached hydrogens (tertiary/aromatic N) is 3. The minimum Gasteiger partial charge on any atom is -0.457 e. The minimum absolute atomic E-state index is 0.180. The van der Waals surface area contributed by atoms with Gasteiger partial charge in [0.25, 0.3) is 0 Å². The molecular weight excluding hydrogens is 606 g/mol. The number of Topliss-reactive ketones (excluding diaryl/α,β-unsaturated/α-hetero) is 1. The second kappa shape index (κ2) is 14.5. The zero-order valence-corrected chi connectivity index (χ0v) is 29.7. The predicted octanol–water partition coefficient (Wildman–Crippen LogP) is 3.08. The van der Waals surface area contributed by atoms with Crippen molar-refractivity contribution in [3.8, 4) is 12.3 Å². The number of ketones is 1. The first kappa shape index (κ1) is 37.3. The summed E-state index contributed by atoms with van der Waals surface area (Å²) in [5.41, 5.74) is -1.44. The zero-order valence-electron chi connectivity index (χ0n) is 29.7. The van der Waals surface area contributed by atoms with Gasteiger partial charge in [-0.1, -0.05) is 27.7 Å². The highest BCUT2D eigenvalue weighted by Crippen LogP contribution is 2.44. The molecule has 1 N–H and O–H groups in total. The van der Waals surface area contributed by atoms with Gasteiger partial charge in [-0.05, 0) is 60.0 Å². The smallest absolute Gasteiger partial charge is 0.410 e. The topological polar surface area (TPSA) is 136 Å². The summed E-state index contributed by atoms with van der Waals surface area (Å²) >= 11 is 0. The largest absolute Gasteiger partial charge is 0.457 e. The Morgan fingerprint density at radius 3 is 2.43 bits per heavy atom. The highest BCUT2D eigenvalue weighted by Gasteiger charge is 2.60. The molecule has 0 spiro atoms. The molecule has 3 fully saturated rings. The maximum atomic E-state index is 14.4. The molecule has 264 valence electrons. The molecule has 1 unspecified atom stereocenters. The molecule has 0 aliphatic carbocycles. The second-order valence-electron chi connectivity index (χ2n) is 14.5. The first-order valence-corrected chi connectivity index (χ1v) is 17.0. The van der Waals surface area contributed by atoms with Crippen molar-refractivity contribution in [1.29, 1.82) is 0 Å². The predicted molar refractivity (Wildman–Crippen MR) is 175 cm³/mol. The van der Waals surface area contributed by atoms with Gasteiger partial charge in [-0.15, -0.1) is 12.3 Å². The Morgan fingerprint density at radius 1 is 1.15 bits per heavy atom. The summed E-state index contributed by atoms with van der Waals surface area (Å²) in [7, 11) is 5.34. The van der Waals surface area contributed by atoms with E-state index in [0.29, 0.717) is 32.4 Å². The monoisotopic (exact) mass is 661 g/mol. The van der Waals surface area contributed by atoms with E-state index in [0.717, 1.165) is 5.71 Å². The van der Waals surface area contributed by atoms with Crippen LogP contribution in [0, 0.1) is 36.0 Å². The summed E-state index contributed by atoms with van der Waals surface area (Å²) in [5.74, 6) is -1.44. The van der Waals surface area contributed by atoms with Crippen LogP contribution in [0.15, 0.2) is 4.99 Å². The lowest BCUT2D eigenvalue weighted by Crippen LogP contribution is -2.60. The number of amides is 1. The SMILES string of the molecule is C#CCC1C(=O)O[C@@H](CC)[C@@]2(C)OC(=O)N3CCN=C([C@H](C)C[C@](C)(OC)[C@@H](O[C@@H]4O[C@H](C)C[C@H](N(C)C)[C@H]4O)[C@@H](C)C1=O)[C@@H](C)[C@@H]32. The lowest BCUT2D eigenvalue weighted by molar-refractivity contribution is -0.295. The number of rotatable bonds is 6. The number of methoxy groups -OCH3 is 1. The van der Waals surface area contributed by atoms with Crippen LogP contribution in [0.25, 0.3) is 0 Å². The van der Waals surface area contributed by atoms with E-state index in [1.54, 1.807) is 25.9 Å². The Kier molecular flexibility index (Phi) is 11.5. The van der Waals surface area contributed by atoms with Gasteiger partial charge in [0.1, 0.15) is 18.1 Å². The van der Waals surface area contributed by atoms with Gasteiger partial charge in [0.05, 0.1) is 30.4 Å². The summed E-state index contributed by atoms with van der Waals surface area (Å²) < 4.78 is 31.2. The number of hydrogen-bond donors (Lipinski definition) is 1. The summed E-state index contributed by atoms with van der Waals surface area (Å²) in [6.45, 7) is 14.0. The number of aliphatic imine (C=N–C) groups is 1. The Morgan fingerprint density at radius 2 is 1.83 bits per heavy atom. The normalized spacial score (nSPS) is 43.4. The van der Waals surface area contributed by atoms with Gasteiger partial charge < -0.3 is 33.7 Å². The molecule has 4 aliphatic heterocycles. The van der Waals surface area contributed by atoms with E-state index in [-0.39, 0.29) is 30.4 Å². The van der Waals surface area contributed by atoms with Crippen molar-refractivity contribution in [2.24, 2.45) is 28.7 Å². The van der Waals surface area contributed by atoms with Gasteiger partial charge in [-0.2, -0.15) is 0 Å². The molecule has 0 radical (unpaired) electrons. The number of cyclic esters (lactones) is 1. The second-order valence-corrected chi connectivity index (χ2v) is 14.5. The first-order chi connectivity index (χ1) is 22.0. The number of aliphatic hydroxyl groups excluding tert-OH is 1. The molecule has 2 bridgehead atoms. The fraction of sp³-hybridized carbons (Fsp3) is 0.829. The molecule has 47 heavy (non-hydrogen) atoms. The average Bonchev–Trinajstić information content (AvgIpc) is 3.14. The standard InChI is InChI=1S/C35H55N3O9/c1-12-14-23-27(39)22(6)30(46-32-28(40)24(37(9)10)17-20(4)44-32)34(7,43-11)18-19(3)26-21(5)29-35(8,25(13-2)45-31(23)41)47-33(42)38(29)16-15-36-26/h1,19-25,28-30,32,40H,13-18H2,2-11H3/t19-,20-,21-,22+,23?,24+,25+,28-,29-,30+,32+,34+,35-/m1/s1. The third-order valence-electron chi connectivity index (χ3n) is 11.0. The van der Waals surface area contributed by atoms with Gasteiger partial charge in [0.15, 0.2) is 17.7 Å². The summed E-state index contributed by atoms with van der Waals surface area (Å²) in [6.07, 6.45) is 2.25. The lowest BCUT2D eigenvalue weighted by atomic mass is 9.73. The van der Waals surface area contributed by atoms with Crippen LogP contribution in [0.1, 0.15) is 74.1 Å². The molecule has 4 aliphatic rings. The first-order valence-electron chi connectivity index (χ1n) is 17.0. The molecule has 0 saturated carbocycles. The lowest BCUT2D eigenvalue weighted by Gasteiger charge is -2.47. The highest BCUT2D eigenvalue weighted by atomic mass is 16.7. The van der Waals surface area contributed by atoms with Crippen LogP contribution in [0.3, 0.4) is 0 Å². The summed E-state index contributed by atoms with van der Waals surface area (Å²) in [5, 5.41) is 11.4. The van der Waals surface area contributed by atoms with Crippen LogP contribution >= 0.6 is 0 Å². The summed E-state index contributed by atoms with van der Waals surface area (Å²) in [4.78, 5) is 50.3. The van der Waals surface area contributed by atoms with Crippen LogP contribution in [0.4, 0.5) is 4.79 Å². The van der Waals surface area contributed by atoms with Crippen molar-refractivity contribution < 1.29 is 43.2 Å². The Labute approximate surface area is 279 Å². The van der Waals surface area contributed by atoms with Crippen LogP contribution in [0.5, 0.6) is 0 Å². The van der Waals surface area contributed by atoms with E-state index < -0.39 is 71.5 Å². The van der Waals surface area contributed by atoms with E-state index in [4.69, 9.17) is 35.1 Å². The van der Waals surface area contributed by atoms with Crippen LogP contribution in [0.2, 0.25) is 0 Å². The van der Waals surface area contributed by atoms with Crippen molar-refractivity contribution in [1.82, 2.24) is 9.80 Å². The van der Waals surface area contributed by atoms with Crippen LogP contribution in [-0.2, 0) is 33.3 Å². The molecule has 12 nitrogen and oxygen atoms in total. The fourth-order valence-corrected chi connectivity index (χ4v) is 8.51. The molecule has 0 aromatic heterocycles. The van der Waals surface area contributed by atoms with E-state index in [1.807, 2.05) is 46.7 Å².